The Bertz CT molecular complexity index is 1340. The Labute approximate surface area is 218 Å². The molecule has 0 spiro atoms. The van der Waals surface area contributed by atoms with Gasteiger partial charge in [-0.05, 0) is 42.0 Å². The third-order valence-corrected chi connectivity index (χ3v) is 6.69. The maximum atomic E-state index is 6.33. The summed E-state index contributed by atoms with van der Waals surface area (Å²) in [6.45, 7) is 1.56. The summed E-state index contributed by atoms with van der Waals surface area (Å²) >= 11 is 0. The summed E-state index contributed by atoms with van der Waals surface area (Å²) in [5.41, 5.74) is 6.92. The van der Waals surface area contributed by atoms with Crippen molar-refractivity contribution in [3.63, 3.8) is 0 Å². The third kappa shape index (κ3) is 4.74. The van der Waals surface area contributed by atoms with E-state index >= 15 is 0 Å². The van der Waals surface area contributed by atoms with Crippen molar-refractivity contribution >= 4 is 22.8 Å². The van der Waals surface area contributed by atoms with Gasteiger partial charge < -0.3 is 24.3 Å². The third-order valence-electron chi connectivity index (χ3n) is 6.69. The van der Waals surface area contributed by atoms with Gasteiger partial charge in [-0.3, -0.25) is 4.98 Å². The molecule has 3 heterocycles. The zero-order chi connectivity index (χ0) is 25.2. The average Bonchev–Trinajstić information content (AvgIpc) is 3.53. The Morgan fingerprint density at radius 1 is 0.595 bits per heavy atom. The molecule has 0 aliphatic carbocycles. The van der Waals surface area contributed by atoms with Crippen molar-refractivity contribution < 1.29 is 4.74 Å². The lowest BCUT2D eigenvalue weighted by atomic mass is 10.1. The lowest BCUT2D eigenvalue weighted by molar-refractivity contribution is 0.481. The van der Waals surface area contributed by atoms with Crippen LogP contribution in [0.1, 0.15) is 11.1 Å². The van der Waals surface area contributed by atoms with Gasteiger partial charge in [0.2, 0.25) is 0 Å². The normalized spacial score (nSPS) is 15.2. The van der Waals surface area contributed by atoms with Crippen LogP contribution in [0.15, 0.2) is 116 Å². The smallest absolute Gasteiger partial charge is 0.129 e. The van der Waals surface area contributed by atoms with E-state index in [2.05, 4.69) is 99.6 Å². The van der Waals surface area contributed by atoms with Gasteiger partial charge in [-0.1, -0.05) is 42.5 Å². The molecule has 184 valence electrons. The van der Waals surface area contributed by atoms with Gasteiger partial charge in [0.15, 0.2) is 0 Å². The van der Waals surface area contributed by atoms with E-state index in [4.69, 9.17) is 4.74 Å². The molecule has 4 aromatic rings. The fraction of sp³-hybridized carbons (Fsp3) is 0.129. The molecule has 1 aromatic heterocycles. The molecule has 0 N–H and O–H groups in total. The summed E-state index contributed by atoms with van der Waals surface area (Å²) < 4.78 is 6.33. The summed E-state index contributed by atoms with van der Waals surface area (Å²) in [6, 6.07) is 31.1. The van der Waals surface area contributed by atoms with E-state index in [1.807, 2.05) is 54.9 Å². The maximum Gasteiger partial charge on any atom is 0.129 e. The van der Waals surface area contributed by atoms with Gasteiger partial charge in [-0.25, -0.2) is 0 Å². The van der Waals surface area contributed by atoms with Crippen LogP contribution in [0.3, 0.4) is 0 Å². The molecule has 6 nitrogen and oxygen atoms in total. The summed E-state index contributed by atoms with van der Waals surface area (Å²) in [5.74, 6) is 1.62. The molecule has 0 saturated carbocycles. The van der Waals surface area contributed by atoms with Crippen molar-refractivity contribution in [1.29, 1.82) is 0 Å². The first-order valence-electron chi connectivity index (χ1n) is 12.4. The van der Waals surface area contributed by atoms with E-state index in [-0.39, 0.29) is 0 Å². The summed E-state index contributed by atoms with van der Waals surface area (Å²) in [6.07, 6.45) is 8.03. The van der Waals surface area contributed by atoms with Crippen molar-refractivity contribution in [3.8, 4) is 11.5 Å². The second kappa shape index (κ2) is 9.74. The van der Waals surface area contributed by atoms with E-state index < -0.39 is 0 Å². The second-order valence-electron chi connectivity index (χ2n) is 9.35. The van der Waals surface area contributed by atoms with Crippen molar-refractivity contribution in [2.75, 3.05) is 37.2 Å². The Morgan fingerprint density at radius 2 is 1.11 bits per heavy atom. The molecule has 2 aliphatic rings. The van der Waals surface area contributed by atoms with Gasteiger partial charge >= 0.3 is 0 Å². The summed E-state index contributed by atoms with van der Waals surface area (Å²) in [7, 11) is 4.22. The highest BCUT2D eigenvalue weighted by Crippen LogP contribution is 2.34. The van der Waals surface area contributed by atoms with Crippen LogP contribution in [0.25, 0.3) is 11.4 Å². The highest BCUT2D eigenvalue weighted by Gasteiger charge is 2.21. The minimum Gasteiger partial charge on any atom is -0.457 e. The van der Waals surface area contributed by atoms with E-state index in [0.717, 1.165) is 41.8 Å². The number of aromatic nitrogens is 1. The number of ether oxygens (including phenoxy) is 1. The molecular formula is C31H29N5O. The average molecular weight is 488 g/mol. The fourth-order valence-corrected chi connectivity index (χ4v) is 4.80. The van der Waals surface area contributed by atoms with Gasteiger partial charge in [0.05, 0.1) is 24.7 Å². The molecule has 0 bridgehead atoms. The first kappa shape index (κ1) is 22.7. The highest BCUT2D eigenvalue weighted by molar-refractivity contribution is 5.72. The van der Waals surface area contributed by atoms with Gasteiger partial charge in [0.1, 0.15) is 11.5 Å². The van der Waals surface area contributed by atoms with E-state index in [1.165, 1.54) is 17.0 Å². The van der Waals surface area contributed by atoms with Crippen LogP contribution in [0.4, 0.5) is 11.4 Å². The predicted octanol–water partition coefficient (Wildman–Crippen LogP) is 6.29. The van der Waals surface area contributed by atoms with Crippen LogP contribution in [-0.4, -0.2) is 42.2 Å². The monoisotopic (exact) mass is 487 g/mol. The van der Waals surface area contributed by atoms with Crippen molar-refractivity contribution in [2.45, 2.75) is 0 Å². The predicted molar refractivity (Wildman–Crippen MR) is 150 cm³/mol. The van der Waals surface area contributed by atoms with Crippen LogP contribution in [0, 0.1) is 0 Å². The SMILES string of the molecule is CN1CN(c2cccc(Oc3cccc(N4C=C(c5ccncc5)N(C)C4)c3)c2)C=C1c1ccccc1. The molecule has 3 aromatic carbocycles. The largest absolute Gasteiger partial charge is 0.457 e. The standard InChI is InChI=1S/C31H29N5O/c1-33-22-35(20-30(33)24-8-4-3-5-9-24)26-10-6-12-28(18-26)37-29-13-7-11-27(19-29)36-21-31(34(2)23-36)25-14-16-32-17-15-25/h3-21H,22-23H2,1-2H3. The number of hydrogen-bond donors (Lipinski definition) is 0. The lowest BCUT2D eigenvalue weighted by Crippen LogP contribution is -2.23. The van der Waals surface area contributed by atoms with Crippen LogP contribution >= 0.6 is 0 Å². The second-order valence-corrected chi connectivity index (χ2v) is 9.35. The molecule has 0 atom stereocenters. The molecular weight excluding hydrogens is 458 g/mol. The molecule has 37 heavy (non-hydrogen) atoms. The number of benzene rings is 3. The summed E-state index contributed by atoms with van der Waals surface area (Å²) in [5, 5.41) is 0. The molecule has 0 amide bonds. The quantitative estimate of drug-likeness (QED) is 0.318. The number of hydrogen-bond acceptors (Lipinski definition) is 6. The molecule has 2 aliphatic heterocycles. The van der Waals surface area contributed by atoms with E-state index in [9.17, 15) is 0 Å². The number of anilines is 2. The van der Waals surface area contributed by atoms with Gasteiger partial charge in [-0.2, -0.15) is 0 Å². The van der Waals surface area contributed by atoms with Crippen LogP contribution in [-0.2, 0) is 0 Å². The van der Waals surface area contributed by atoms with Crippen LogP contribution < -0.4 is 14.5 Å². The zero-order valence-corrected chi connectivity index (χ0v) is 21.0. The van der Waals surface area contributed by atoms with E-state index in [1.54, 1.807) is 0 Å². The zero-order valence-electron chi connectivity index (χ0n) is 21.0. The van der Waals surface area contributed by atoms with Gasteiger partial charge in [0, 0.05) is 68.0 Å². The molecule has 6 rings (SSSR count). The van der Waals surface area contributed by atoms with Gasteiger partial charge in [-0.15, -0.1) is 0 Å². The first-order chi connectivity index (χ1) is 18.1. The Hall–Kier alpha value is -4.71. The minimum absolute atomic E-state index is 0.773. The van der Waals surface area contributed by atoms with E-state index in [0.29, 0.717) is 0 Å². The fourth-order valence-electron chi connectivity index (χ4n) is 4.80. The first-order valence-corrected chi connectivity index (χ1v) is 12.4. The number of nitrogens with zero attached hydrogens (tertiary/aromatic N) is 5. The molecule has 6 heteroatoms. The van der Waals surface area contributed by atoms with Crippen LogP contribution in [0.5, 0.6) is 11.5 Å². The highest BCUT2D eigenvalue weighted by atomic mass is 16.5. The maximum absolute atomic E-state index is 6.33. The molecule has 0 saturated heterocycles. The molecule has 0 radical (unpaired) electrons. The lowest BCUT2D eigenvalue weighted by Gasteiger charge is -2.21. The summed E-state index contributed by atoms with van der Waals surface area (Å²) in [4.78, 5) is 13.1. The minimum atomic E-state index is 0.773. The topological polar surface area (TPSA) is 35.1 Å². The van der Waals surface area contributed by atoms with Crippen molar-refractivity contribution in [2.24, 2.45) is 0 Å². The van der Waals surface area contributed by atoms with Gasteiger partial charge in [0.25, 0.3) is 0 Å². The van der Waals surface area contributed by atoms with Crippen molar-refractivity contribution in [3.05, 3.63) is 127 Å². The number of rotatable bonds is 6. The Kier molecular flexibility index (Phi) is 5.98. The Morgan fingerprint density at radius 3 is 1.65 bits per heavy atom. The van der Waals surface area contributed by atoms with Crippen molar-refractivity contribution in [1.82, 2.24) is 14.8 Å². The molecule has 0 fully saturated rings. The molecule has 0 unspecified atom stereocenters. The Balaban J connectivity index is 1.20. The van der Waals surface area contributed by atoms with Crippen LogP contribution in [0.2, 0.25) is 0 Å². The number of pyridine rings is 1.